The molecule has 0 saturated carbocycles. The Labute approximate surface area is 146 Å². The van der Waals surface area contributed by atoms with Crippen LogP contribution in [0.4, 0.5) is 18.0 Å². The number of aromatic nitrogens is 1. The highest BCUT2D eigenvalue weighted by molar-refractivity contribution is 6.02. The monoisotopic (exact) mass is 374 g/mol. The van der Waals surface area contributed by atoms with E-state index in [-0.39, 0.29) is 23.4 Å². The fourth-order valence-electron chi connectivity index (χ4n) is 3.24. The lowest BCUT2D eigenvalue weighted by atomic mass is 10.0. The number of halogens is 3. The van der Waals surface area contributed by atoms with E-state index in [2.05, 4.69) is 5.16 Å². The molecule has 0 aromatic carbocycles. The Morgan fingerprint density at radius 2 is 1.96 bits per heavy atom. The van der Waals surface area contributed by atoms with E-state index < -0.39 is 24.7 Å². The second-order valence-electron chi connectivity index (χ2n) is 6.32. The molecule has 3 rings (SSSR count). The Kier molecular flexibility index (Phi) is 4.63. The van der Waals surface area contributed by atoms with Gasteiger partial charge in [-0.05, 0) is 19.8 Å². The number of alkyl halides is 3. The Bertz CT molecular complexity index is 725. The SMILES string of the molecule is Cc1oncc1C(=O)N1CCC(N2CC(=O)N(CC(F)(F)F)C2=O)CC1. The molecule has 0 atom stereocenters. The second-order valence-corrected chi connectivity index (χ2v) is 6.32. The molecule has 26 heavy (non-hydrogen) atoms. The van der Waals surface area contributed by atoms with Gasteiger partial charge in [0.15, 0.2) is 0 Å². The molecule has 2 aliphatic rings. The standard InChI is InChI=1S/C15H17F3N4O4/c1-9-11(6-19-26-9)13(24)20-4-2-10(3-5-20)21-7-12(23)22(14(21)25)8-15(16,17)18/h6,10H,2-5,7-8H2,1H3. The van der Waals surface area contributed by atoms with Crippen molar-refractivity contribution < 1.29 is 32.1 Å². The zero-order chi connectivity index (χ0) is 19.1. The number of hydrogen-bond donors (Lipinski definition) is 0. The van der Waals surface area contributed by atoms with Crippen molar-refractivity contribution in [2.75, 3.05) is 26.2 Å². The van der Waals surface area contributed by atoms with E-state index in [1.807, 2.05) is 0 Å². The summed E-state index contributed by atoms with van der Waals surface area (Å²) in [6.45, 7) is 0.330. The summed E-state index contributed by atoms with van der Waals surface area (Å²) in [5, 5.41) is 3.56. The van der Waals surface area contributed by atoms with Gasteiger partial charge in [-0.25, -0.2) is 4.79 Å². The molecule has 0 bridgehead atoms. The molecule has 0 N–H and O–H groups in total. The fourth-order valence-corrected chi connectivity index (χ4v) is 3.24. The van der Waals surface area contributed by atoms with Crippen molar-refractivity contribution in [3.63, 3.8) is 0 Å². The molecule has 2 aliphatic heterocycles. The van der Waals surface area contributed by atoms with Crippen LogP contribution in [0, 0.1) is 6.92 Å². The van der Waals surface area contributed by atoms with Crippen LogP contribution in [-0.4, -0.2) is 76.1 Å². The van der Waals surface area contributed by atoms with Gasteiger partial charge in [-0.15, -0.1) is 0 Å². The number of carbonyl (C=O) groups is 3. The number of hydrogen-bond acceptors (Lipinski definition) is 5. The fraction of sp³-hybridized carbons (Fsp3) is 0.600. The zero-order valence-corrected chi connectivity index (χ0v) is 14.0. The van der Waals surface area contributed by atoms with Crippen LogP contribution in [-0.2, 0) is 4.79 Å². The maximum absolute atomic E-state index is 12.5. The van der Waals surface area contributed by atoms with Crippen molar-refractivity contribution in [2.24, 2.45) is 0 Å². The molecule has 4 amide bonds. The number of piperidine rings is 1. The van der Waals surface area contributed by atoms with Crippen LogP contribution in [0.15, 0.2) is 10.7 Å². The van der Waals surface area contributed by atoms with Crippen molar-refractivity contribution in [3.8, 4) is 0 Å². The third-order valence-corrected chi connectivity index (χ3v) is 4.59. The molecule has 1 aromatic heterocycles. The molecule has 0 radical (unpaired) electrons. The minimum Gasteiger partial charge on any atom is -0.361 e. The minimum absolute atomic E-state index is 0.234. The van der Waals surface area contributed by atoms with E-state index >= 15 is 0 Å². The van der Waals surface area contributed by atoms with E-state index in [0.717, 1.165) is 0 Å². The summed E-state index contributed by atoms with van der Waals surface area (Å²) in [7, 11) is 0. The van der Waals surface area contributed by atoms with Crippen LogP contribution in [0.2, 0.25) is 0 Å². The lowest BCUT2D eigenvalue weighted by molar-refractivity contribution is -0.151. The van der Waals surface area contributed by atoms with Crippen LogP contribution in [0.3, 0.4) is 0 Å². The molecule has 2 fully saturated rings. The van der Waals surface area contributed by atoms with Gasteiger partial charge in [0.05, 0.1) is 6.20 Å². The van der Waals surface area contributed by atoms with Crippen molar-refractivity contribution >= 4 is 17.8 Å². The van der Waals surface area contributed by atoms with Gasteiger partial charge in [-0.3, -0.25) is 14.5 Å². The highest BCUT2D eigenvalue weighted by Gasteiger charge is 2.45. The number of imide groups is 1. The Morgan fingerprint density at radius 3 is 2.50 bits per heavy atom. The van der Waals surface area contributed by atoms with Gasteiger partial charge >= 0.3 is 12.2 Å². The zero-order valence-electron chi connectivity index (χ0n) is 14.0. The average molecular weight is 374 g/mol. The predicted octanol–water partition coefficient (Wildman–Crippen LogP) is 1.41. The van der Waals surface area contributed by atoms with Gasteiger partial charge in [-0.1, -0.05) is 5.16 Å². The first kappa shape index (κ1) is 18.2. The third kappa shape index (κ3) is 3.51. The Balaban J connectivity index is 1.60. The first-order chi connectivity index (χ1) is 12.2. The topological polar surface area (TPSA) is 87.0 Å². The van der Waals surface area contributed by atoms with Crippen LogP contribution < -0.4 is 0 Å². The first-order valence-electron chi connectivity index (χ1n) is 8.05. The summed E-state index contributed by atoms with van der Waals surface area (Å²) in [5.74, 6) is -0.698. The highest BCUT2D eigenvalue weighted by atomic mass is 19.4. The number of aryl methyl sites for hydroxylation is 1. The number of nitrogens with zero attached hydrogens (tertiary/aromatic N) is 4. The number of likely N-dealkylation sites (tertiary alicyclic amines) is 1. The maximum atomic E-state index is 12.5. The van der Waals surface area contributed by atoms with Crippen molar-refractivity contribution in [3.05, 3.63) is 17.5 Å². The van der Waals surface area contributed by atoms with E-state index in [4.69, 9.17) is 4.52 Å². The summed E-state index contributed by atoms with van der Waals surface area (Å²) in [5.41, 5.74) is 0.354. The molecule has 0 aliphatic carbocycles. The minimum atomic E-state index is -4.63. The van der Waals surface area contributed by atoms with Crippen molar-refractivity contribution in [1.82, 2.24) is 19.9 Å². The molecule has 1 aromatic rings. The van der Waals surface area contributed by atoms with E-state index in [1.54, 1.807) is 11.8 Å². The first-order valence-corrected chi connectivity index (χ1v) is 8.05. The molecular formula is C15H17F3N4O4. The molecule has 2 saturated heterocycles. The molecule has 3 heterocycles. The van der Waals surface area contributed by atoms with Gasteiger partial charge in [0.1, 0.15) is 24.4 Å². The number of urea groups is 1. The lowest BCUT2D eigenvalue weighted by Gasteiger charge is -2.36. The molecule has 0 spiro atoms. The quantitative estimate of drug-likeness (QED) is 0.747. The number of amides is 4. The Hall–Kier alpha value is -2.59. The molecule has 0 unspecified atom stereocenters. The van der Waals surface area contributed by atoms with Crippen molar-refractivity contribution in [1.29, 1.82) is 0 Å². The van der Waals surface area contributed by atoms with Crippen molar-refractivity contribution in [2.45, 2.75) is 32.0 Å². The van der Waals surface area contributed by atoms with E-state index in [0.29, 0.717) is 37.3 Å². The predicted molar refractivity (Wildman–Crippen MR) is 80.0 cm³/mol. The summed E-state index contributed by atoms with van der Waals surface area (Å²) < 4.78 is 42.4. The lowest BCUT2D eigenvalue weighted by Crippen LogP contribution is -2.48. The summed E-state index contributed by atoms with van der Waals surface area (Å²) in [4.78, 5) is 39.3. The molecular weight excluding hydrogens is 357 g/mol. The summed E-state index contributed by atoms with van der Waals surface area (Å²) in [6.07, 6.45) is -2.53. The summed E-state index contributed by atoms with van der Waals surface area (Å²) in [6, 6.07) is -1.30. The van der Waals surface area contributed by atoms with Gasteiger partial charge < -0.3 is 14.3 Å². The van der Waals surface area contributed by atoms with Crippen LogP contribution in [0.25, 0.3) is 0 Å². The Morgan fingerprint density at radius 1 is 1.31 bits per heavy atom. The van der Waals surface area contributed by atoms with Crippen LogP contribution in [0.1, 0.15) is 29.0 Å². The largest absolute Gasteiger partial charge is 0.406 e. The molecule has 142 valence electrons. The maximum Gasteiger partial charge on any atom is 0.406 e. The second kappa shape index (κ2) is 6.61. The third-order valence-electron chi connectivity index (χ3n) is 4.59. The highest BCUT2D eigenvalue weighted by Crippen LogP contribution is 2.26. The van der Waals surface area contributed by atoms with Crippen LogP contribution >= 0.6 is 0 Å². The smallest absolute Gasteiger partial charge is 0.361 e. The van der Waals surface area contributed by atoms with E-state index in [9.17, 15) is 27.6 Å². The van der Waals surface area contributed by atoms with Gasteiger partial charge in [-0.2, -0.15) is 13.2 Å². The van der Waals surface area contributed by atoms with Crippen LogP contribution in [0.5, 0.6) is 0 Å². The summed E-state index contributed by atoms with van der Waals surface area (Å²) >= 11 is 0. The number of rotatable bonds is 3. The average Bonchev–Trinajstić information content (AvgIpc) is 3.12. The van der Waals surface area contributed by atoms with Gasteiger partial charge in [0.25, 0.3) is 11.8 Å². The van der Waals surface area contributed by atoms with E-state index in [1.165, 1.54) is 11.1 Å². The van der Waals surface area contributed by atoms with Gasteiger partial charge in [0, 0.05) is 19.1 Å². The number of carbonyl (C=O) groups excluding carboxylic acids is 3. The molecule has 11 heteroatoms. The van der Waals surface area contributed by atoms with Gasteiger partial charge in [0.2, 0.25) is 0 Å². The molecule has 8 nitrogen and oxygen atoms in total. The normalized spacial score (nSPS) is 19.6.